The van der Waals surface area contributed by atoms with Crippen LogP contribution < -0.4 is 10.6 Å². The van der Waals surface area contributed by atoms with Gasteiger partial charge in [-0.25, -0.2) is 14.6 Å². The van der Waals surface area contributed by atoms with Crippen LogP contribution in [0.3, 0.4) is 0 Å². The van der Waals surface area contributed by atoms with Gasteiger partial charge in [-0.1, -0.05) is 11.6 Å². The van der Waals surface area contributed by atoms with Crippen LogP contribution in [0.2, 0.25) is 5.02 Å². The third-order valence-electron chi connectivity index (χ3n) is 2.57. The lowest BCUT2D eigenvalue weighted by atomic mass is 10.2. The smallest absolute Gasteiger partial charge is 0.337 e. The van der Waals surface area contributed by atoms with Gasteiger partial charge in [-0.15, -0.1) is 0 Å². The Bertz CT molecular complexity index is 644. The summed E-state index contributed by atoms with van der Waals surface area (Å²) in [5.41, 5.74) is 0.384. The van der Waals surface area contributed by atoms with Crippen LogP contribution in [0, 0.1) is 0 Å². The summed E-state index contributed by atoms with van der Waals surface area (Å²) >= 11 is 5.81. The summed E-state index contributed by atoms with van der Waals surface area (Å²) in [6, 6.07) is 3.75. The van der Waals surface area contributed by atoms with Crippen LogP contribution >= 0.6 is 11.6 Å². The number of hydrogen-bond acceptors (Lipinski definition) is 4. The zero-order valence-electron chi connectivity index (χ0n) is 10.8. The standard InChI is InChI=1S/C12H12ClN5O3/c13-9-5-7(1-2-8(9)11(19)20)17-12(21)14-4-3-10-15-6-16-18-10/h1-2,5-6H,3-4H2,(H,19,20)(H2,14,17,21)(H,15,16,18). The van der Waals surface area contributed by atoms with E-state index < -0.39 is 12.0 Å². The molecule has 1 heterocycles. The molecule has 9 heteroatoms. The fraction of sp³-hybridized carbons (Fsp3) is 0.167. The highest BCUT2D eigenvalue weighted by molar-refractivity contribution is 6.33. The number of carboxylic acids is 1. The van der Waals surface area contributed by atoms with Crippen LogP contribution in [-0.4, -0.2) is 38.8 Å². The molecule has 0 unspecified atom stereocenters. The molecular weight excluding hydrogens is 298 g/mol. The summed E-state index contributed by atoms with van der Waals surface area (Å²) in [6.07, 6.45) is 1.91. The lowest BCUT2D eigenvalue weighted by Crippen LogP contribution is -2.30. The fourth-order valence-electron chi connectivity index (χ4n) is 1.59. The number of H-pyrrole nitrogens is 1. The number of amides is 2. The monoisotopic (exact) mass is 309 g/mol. The topological polar surface area (TPSA) is 120 Å². The van der Waals surface area contributed by atoms with E-state index in [1.807, 2.05) is 0 Å². The molecule has 0 aliphatic heterocycles. The third-order valence-corrected chi connectivity index (χ3v) is 2.88. The highest BCUT2D eigenvalue weighted by Gasteiger charge is 2.10. The van der Waals surface area contributed by atoms with Crippen molar-refractivity contribution < 1.29 is 14.7 Å². The number of carbonyl (C=O) groups excluding carboxylic acids is 1. The Hall–Kier alpha value is -2.61. The number of carbonyl (C=O) groups is 2. The first-order valence-electron chi connectivity index (χ1n) is 5.98. The molecule has 0 aliphatic carbocycles. The molecule has 4 N–H and O–H groups in total. The first kappa shape index (κ1) is 14.8. The molecule has 0 radical (unpaired) electrons. The van der Waals surface area contributed by atoms with Crippen molar-refractivity contribution in [2.45, 2.75) is 6.42 Å². The van der Waals surface area contributed by atoms with Gasteiger partial charge in [0.25, 0.3) is 0 Å². The molecule has 0 bridgehead atoms. The van der Waals surface area contributed by atoms with Crippen LogP contribution in [0.1, 0.15) is 16.2 Å². The molecule has 1 aromatic carbocycles. The first-order valence-corrected chi connectivity index (χ1v) is 6.36. The van der Waals surface area contributed by atoms with Crippen molar-refractivity contribution in [1.29, 1.82) is 0 Å². The quantitative estimate of drug-likeness (QED) is 0.667. The van der Waals surface area contributed by atoms with Crippen molar-refractivity contribution in [1.82, 2.24) is 20.5 Å². The maximum Gasteiger partial charge on any atom is 0.337 e. The molecule has 21 heavy (non-hydrogen) atoms. The number of nitrogens with one attached hydrogen (secondary N) is 3. The SMILES string of the molecule is O=C(NCCc1ncn[nH]1)Nc1ccc(C(=O)O)c(Cl)c1. The number of rotatable bonds is 5. The molecule has 8 nitrogen and oxygen atoms in total. The molecule has 2 aromatic rings. The Kier molecular flexibility index (Phi) is 4.72. The van der Waals surface area contributed by atoms with Crippen LogP contribution in [-0.2, 0) is 6.42 Å². The van der Waals surface area contributed by atoms with E-state index in [1.165, 1.54) is 24.5 Å². The second-order valence-corrected chi connectivity index (χ2v) is 4.47. The molecule has 0 saturated heterocycles. The van der Waals surface area contributed by atoms with Crippen LogP contribution in [0.5, 0.6) is 0 Å². The van der Waals surface area contributed by atoms with Crippen LogP contribution in [0.25, 0.3) is 0 Å². The number of hydrogen-bond donors (Lipinski definition) is 4. The highest BCUT2D eigenvalue weighted by Crippen LogP contribution is 2.20. The van der Waals surface area contributed by atoms with Crippen molar-refractivity contribution in [3.05, 3.63) is 40.9 Å². The van der Waals surface area contributed by atoms with Crippen molar-refractivity contribution in [3.8, 4) is 0 Å². The Morgan fingerprint density at radius 1 is 1.38 bits per heavy atom. The number of urea groups is 1. The number of anilines is 1. The molecule has 0 fully saturated rings. The van der Waals surface area contributed by atoms with E-state index in [4.69, 9.17) is 16.7 Å². The molecule has 2 rings (SSSR count). The fourth-order valence-corrected chi connectivity index (χ4v) is 1.85. The van der Waals surface area contributed by atoms with E-state index in [9.17, 15) is 9.59 Å². The molecule has 0 spiro atoms. The summed E-state index contributed by atoms with van der Waals surface area (Å²) in [5, 5.41) is 20.5. The summed E-state index contributed by atoms with van der Waals surface area (Å²) < 4.78 is 0. The minimum atomic E-state index is -1.12. The van der Waals surface area contributed by atoms with E-state index in [0.29, 0.717) is 24.5 Å². The molecule has 110 valence electrons. The van der Waals surface area contributed by atoms with Gasteiger partial charge in [0.15, 0.2) is 0 Å². The van der Waals surface area contributed by atoms with Gasteiger partial charge in [-0.3, -0.25) is 5.10 Å². The van der Waals surface area contributed by atoms with Gasteiger partial charge >= 0.3 is 12.0 Å². The van der Waals surface area contributed by atoms with E-state index >= 15 is 0 Å². The van der Waals surface area contributed by atoms with Gasteiger partial charge in [0.1, 0.15) is 12.2 Å². The van der Waals surface area contributed by atoms with Crippen molar-refractivity contribution >= 4 is 29.3 Å². The Labute approximate surface area is 124 Å². The molecule has 2 amide bonds. The van der Waals surface area contributed by atoms with E-state index in [2.05, 4.69) is 25.8 Å². The zero-order valence-corrected chi connectivity index (χ0v) is 11.5. The summed E-state index contributed by atoms with van der Waals surface area (Å²) in [5.74, 6) is -0.452. The highest BCUT2D eigenvalue weighted by atomic mass is 35.5. The number of aromatic amines is 1. The average Bonchev–Trinajstić information content (AvgIpc) is 2.91. The van der Waals surface area contributed by atoms with E-state index in [0.717, 1.165) is 0 Å². The van der Waals surface area contributed by atoms with Crippen molar-refractivity contribution in [2.75, 3.05) is 11.9 Å². The summed E-state index contributed by atoms with van der Waals surface area (Å²) in [7, 11) is 0. The minimum Gasteiger partial charge on any atom is -0.478 e. The van der Waals surface area contributed by atoms with Gasteiger partial charge in [0.05, 0.1) is 10.6 Å². The number of halogens is 1. The zero-order chi connectivity index (χ0) is 15.2. The Morgan fingerprint density at radius 2 is 2.19 bits per heavy atom. The van der Waals surface area contributed by atoms with Gasteiger partial charge in [0.2, 0.25) is 0 Å². The predicted molar refractivity (Wildman–Crippen MR) is 75.5 cm³/mol. The van der Waals surface area contributed by atoms with Gasteiger partial charge in [-0.05, 0) is 18.2 Å². The minimum absolute atomic E-state index is 0.0204. The summed E-state index contributed by atoms with van der Waals surface area (Å²) in [4.78, 5) is 26.4. The van der Waals surface area contributed by atoms with Gasteiger partial charge < -0.3 is 15.7 Å². The lowest BCUT2D eigenvalue weighted by Gasteiger charge is -2.08. The number of aromatic nitrogens is 3. The molecular formula is C12H12ClN5O3. The maximum atomic E-state index is 11.6. The molecule has 0 aliphatic rings. The maximum absolute atomic E-state index is 11.6. The Morgan fingerprint density at radius 3 is 2.81 bits per heavy atom. The second-order valence-electron chi connectivity index (χ2n) is 4.06. The molecule has 0 atom stereocenters. The summed E-state index contributed by atoms with van der Waals surface area (Å²) in [6.45, 7) is 0.377. The van der Waals surface area contributed by atoms with Gasteiger partial charge in [-0.2, -0.15) is 5.10 Å². The van der Waals surface area contributed by atoms with Gasteiger partial charge in [0, 0.05) is 18.7 Å². The first-order chi connectivity index (χ1) is 10.1. The largest absolute Gasteiger partial charge is 0.478 e. The third kappa shape index (κ3) is 4.18. The average molecular weight is 310 g/mol. The number of carboxylic acid groups (broad SMARTS) is 1. The van der Waals surface area contributed by atoms with Crippen LogP contribution in [0.15, 0.2) is 24.5 Å². The molecule has 1 aromatic heterocycles. The number of nitrogens with zero attached hydrogens (tertiary/aromatic N) is 2. The number of aromatic carboxylic acids is 1. The number of benzene rings is 1. The normalized spacial score (nSPS) is 10.1. The molecule has 0 saturated carbocycles. The van der Waals surface area contributed by atoms with E-state index in [-0.39, 0.29) is 10.6 Å². The lowest BCUT2D eigenvalue weighted by molar-refractivity contribution is 0.0697. The van der Waals surface area contributed by atoms with Crippen molar-refractivity contribution in [3.63, 3.8) is 0 Å². The van der Waals surface area contributed by atoms with E-state index in [1.54, 1.807) is 0 Å². The second kappa shape index (κ2) is 6.71. The predicted octanol–water partition coefficient (Wildman–Crippen LogP) is 1.52. The van der Waals surface area contributed by atoms with Crippen molar-refractivity contribution in [2.24, 2.45) is 0 Å². The Balaban J connectivity index is 1.85. The van der Waals surface area contributed by atoms with Crippen LogP contribution in [0.4, 0.5) is 10.5 Å².